The van der Waals surface area contributed by atoms with Crippen LogP contribution in [-0.4, -0.2) is 77.2 Å². The number of nitrogens with one attached hydrogen (secondary N) is 2. The van der Waals surface area contributed by atoms with Gasteiger partial charge in [0.2, 0.25) is 11.8 Å². The van der Waals surface area contributed by atoms with Gasteiger partial charge in [0.05, 0.1) is 47.6 Å². The monoisotopic (exact) mass is 879 g/mol. The van der Waals surface area contributed by atoms with Crippen molar-refractivity contribution in [1.82, 2.24) is 15.2 Å². The van der Waals surface area contributed by atoms with Gasteiger partial charge in [0.25, 0.3) is 0 Å². The lowest BCUT2D eigenvalue weighted by molar-refractivity contribution is -0.177. The second-order valence-electron chi connectivity index (χ2n) is 16.2. The third-order valence-corrected chi connectivity index (χ3v) is 13.3. The van der Waals surface area contributed by atoms with Crippen molar-refractivity contribution in [2.24, 2.45) is 11.8 Å². The molecule has 0 aliphatic carbocycles. The van der Waals surface area contributed by atoms with Crippen LogP contribution in [0.3, 0.4) is 0 Å². The van der Waals surface area contributed by atoms with Crippen LogP contribution in [0.15, 0.2) is 133 Å². The zero-order valence-electron chi connectivity index (χ0n) is 35.1. The molecule has 2 fully saturated rings. The smallest absolute Gasteiger partial charge is 0.329 e. The number of imide groups is 1. The van der Waals surface area contributed by atoms with Gasteiger partial charge in [0, 0.05) is 0 Å². The minimum absolute atomic E-state index is 0.0362. The average molecular weight is 880 g/mol. The maximum Gasteiger partial charge on any atom is 0.329 e. The Morgan fingerprint density at radius 1 is 0.828 bits per heavy atom. The van der Waals surface area contributed by atoms with E-state index >= 15 is 14.4 Å². The molecule has 5 aromatic carbocycles. The molecule has 1 spiro atoms. The van der Waals surface area contributed by atoms with Crippen molar-refractivity contribution < 1.29 is 43.3 Å². The Bertz CT molecular complexity index is 2700. The number of benzene rings is 5. The topological polar surface area (TPSA) is 177 Å². The molecule has 7 unspecified atom stereocenters. The molecule has 64 heavy (non-hydrogen) atoms. The van der Waals surface area contributed by atoms with Gasteiger partial charge in [-0.25, -0.2) is 19.5 Å². The molecule has 1 aromatic heterocycles. The minimum atomic E-state index is -2.01. The van der Waals surface area contributed by atoms with Gasteiger partial charge in [0.15, 0.2) is 5.13 Å². The SMILES string of the molecule is COC(=O)C(NC(=O)N1C(=O)C2(c3ccccc31)C(C(=O)Nc1nc3ccccc3s1)C1C(=O)OC(c3ccccc3)C(c3ccccc3)N1C2c1ccc(OCCO)cc1)C(C)C. The van der Waals surface area contributed by atoms with Gasteiger partial charge in [-0.2, -0.15) is 0 Å². The summed E-state index contributed by atoms with van der Waals surface area (Å²) in [5.74, 6) is -4.46. The van der Waals surface area contributed by atoms with E-state index in [2.05, 4.69) is 15.6 Å². The van der Waals surface area contributed by atoms with Crippen LogP contribution in [0.2, 0.25) is 0 Å². The number of carbonyl (C=O) groups is 5. The molecule has 3 aliphatic heterocycles. The van der Waals surface area contributed by atoms with Gasteiger partial charge in [-0.15, -0.1) is 0 Å². The summed E-state index contributed by atoms with van der Waals surface area (Å²) < 4.78 is 18.1. The summed E-state index contributed by atoms with van der Waals surface area (Å²) in [4.78, 5) is 82.6. The first-order valence-corrected chi connectivity index (χ1v) is 21.8. The molecule has 2 saturated heterocycles. The van der Waals surface area contributed by atoms with Crippen LogP contribution in [0, 0.1) is 11.8 Å². The first-order valence-electron chi connectivity index (χ1n) is 21.0. The van der Waals surface area contributed by atoms with E-state index in [-0.39, 0.29) is 24.0 Å². The first kappa shape index (κ1) is 42.4. The number of hydrogen-bond acceptors (Lipinski definition) is 12. The number of rotatable bonds is 11. The molecule has 326 valence electrons. The maximum atomic E-state index is 16.3. The lowest BCUT2D eigenvalue weighted by Crippen LogP contribution is -2.57. The third kappa shape index (κ3) is 7.05. The number of nitrogens with zero attached hydrogens (tertiary/aromatic N) is 3. The highest BCUT2D eigenvalue weighted by atomic mass is 32.1. The lowest BCUT2D eigenvalue weighted by Gasteiger charge is -2.46. The molecule has 15 heteroatoms. The number of thiazole rings is 1. The number of anilines is 2. The Hall–Kier alpha value is -6.94. The number of morpholine rings is 1. The normalized spacial score (nSPS) is 23.1. The van der Waals surface area contributed by atoms with Gasteiger partial charge in [-0.05, 0) is 58.5 Å². The van der Waals surface area contributed by atoms with Crippen molar-refractivity contribution in [2.75, 3.05) is 30.5 Å². The number of cyclic esters (lactones) is 1. The van der Waals surface area contributed by atoms with E-state index in [1.807, 2.05) is 89.8 Å². The minimum Gasteiger partial charge on any atom is -0.491 e. The van der Waals surface area contributed by atoms with Crippen LogP contribution in [-0.2, 0) is 34.1 Å². The number of urea groups is 1. The number of aliphatic hydroxyl groups excluding tert-OH is 1. The van der Waals surface area contributed by atoms with Crippen molar-refractivity contribution in [3.05, 3.63) is 156 Å². The van der Waals surface area contributed by atoms with Gasteiger partial charge in [0.1, 0.15) is 36.0 Å². The molecule has 0 radical (unpaired) electrons. The summed E-state index contributed by atoms with van der Waals surface area (Å²) >= 11 is 1.24. The maximum absolute atomic E-state index is 16.3. The fourth-order valence-electron chi connectivity index (χ4n) is 9.70. The van der Waals surface area contributed by atoms with E-state index in [0.29, 0.717) is 28.0 Å². The number of amides is 4. The van der Waals surface area contributed by atoms with Crippen molar-refractivity contribution in [3.8, 4) is 5.75 Å². The fraction of sp³-hybridized carbons (Fsp3) is 0.265. The Labute approximate surface area is 372 Å². The van der Waals surface area contributed by atoms with E-state index in [1.165, 1.54) is 18.4 Å². The molecule has 0 bridgehead atoms. The molecule has 6 aromatic rings. The van der Waals surface area contributed by atoms with Gasteiger partial charge >= 0.3 is 18.0 Å². The summed E-state index contributed by atoms with van der Waals surface area (Å²) in [6.07, 6.45) is -0.914. The molecule has 4 amide bonds. The molecule has 4 heterocycles. The van der Waals surface area contributed by atoms with Crippen LogP contribution >= 0.6 is 11.3 Å². The number of methoxy groups -OCH3 is 1. The second-order valence-corrected chi connectivity index (χ2v) is 17.3. The highest BCUT2D eigenvalue weighted by Gasteiger charge is 2.75. The van der Waals surface area contributed by atoms with Crippen molar-refractivity contribution in [3.63, 3.8) is 0 Å². The zero-order chi connectivity index (χ0) is 44.7. The summed E-state index contributed by atoms with van der Waals surface area (Å²) in [5.41, 5.74) is 1.08. The van der Waals surface area contributed by atoms with Crippen molar-refractivity contribution >= 4 is 62.2 Å². The summed E-state index contributed by atoms with van der Waals surface area (Å²) in [6, 6.07) is 34.5. The number of para-hydroxylation sites is 2. The highest BCUT2D eigenvalue weighted by molar-refractivity contribution is 7.22. The van der Waals surface area contributed by atoms with E-state index in [0.717, 1.165) is 15.2 Å². The second kappa shape index (κ2) is 17.3. The number of carbonyl (C=O) groups excluding carboxylic acids is 5. The molecule has 0 saturated carbocycles. The molecular weight excluding hydrogens is 835 g/mol. The highest BCUT2D eigenvalue weighted by Crippen LogP contribution is 2.66. The molecule has 3 aliphatic rings. The average Bonchev–Trinajstić information content (AvgIpc) is 3.96. The summed E-state index contributed by atoms with van der Waals surface area (Å²) in [7, 11) is 1.22. The Morgan fingerprint density at radius 3 is 2.16 bits per heavy atom. The standard InChI is InChI=1S/C49H45N5O9S/c1-28(2)38(44(57)61-3)51-48(60)53-35-20-12-10-18-33(35)49(46(53)59)37(43(56)52-47-50-34-19-11-13-21-36(34)64-47)40-45(58)63-41(30-16-8-5-9-17-30)39(29-14-6-4-7-15-29)54(40)42(49)31-22-24-32(25-23-31)62-27-26-55/h4-25,28,37-42,55H,26-27H2,1-3H3,(H,51,60)(H,50,52,56). The number of aliphatic hydroxyl groups is 1. The fourth-order valence-corrected chi connectivity index (χ4v) is 10.6. The summed E-state index contributed by atoms with van der Waals surface area (Å²) in [5, 5.41) is 15.5. The number of ether oxygens (including phenoxy) is 3. The molecule has 7 atom stereocenters. The van der Waals surface area contributed by atoms with Crippen LogP contribution in [0.5, 0.6) is 5.75 Å². The predicted molar refractivity (Wildman–Crippen MR) is 238 cm³/mol. The van der Waals surface area contributed by atoms with Crippen LogP contribution in [0.4, 0.5) is 15.6 Å². The van der Waals surface area contributed by atoms with E-state index in [9.17, 15) is 14.7 Å². The van der Waals surface area contributed by atoms with Gasteiger partial charge in [-0.3, -0.25) is 19.3 Å². The number of esters is 2. The molecule has 14 nitrogen and oxygen atoms in total. The number of aromatic nitrogens is 1. The Kier molecular flexibility index (Phi) is 11.5. The van der Waals surface area contributed by atoms with Crippen LogP contribution < -0.4 is 20.3 Å². The number of fused-ring (bicyclic) bond motifs is 4. The molecule has 3 N–H and O–H groups in total. The first-order chi connectivity index (χ1) is 31.1. The largest absolute Gasteiger partial charge is 0.491 e. The van der Waals surface area contributed by atoms with Gasteiger partial charge < -0.3 is 30.0 Å². The molecular formula is C49H45N5O9S. The quantitative estimate of drug-likeness (QED) is 0.116. The molecule has 9 rings (SSSR count). The van der Waals surface area contributed by atoms with Gasteiger partial charge in [-0.1, -0.05) is 128 Å². The predicted octanol–water partition coefficient (Wildman–Crippen LogP) is 6.88. The third-order valence-electron chi connectivity index (χ3n) is 12.3. The van der Waals surface area contributed by atoms with Crippen molar-refractivity contribution in [2.45, 2.75) is 49.5 Å². The van der Waals surface area contributed by atoms with Crippen LogP contribution in [0.25, 0.3) is 10.2 Å². The Balaban J connectivity index is 1.31. The van der Waals surface area contributed by atoms with Crippen LogP contribution in [0.1, 0.15) is 54.3 Å². The number of hydrogen-bond donors (Lipinski definition) is 3. The summed E-state index contributed by atoms with van der Waals surface area (Å²) in [6.45, 7) is 3.30. The van der Waals surface area contributed by atoms with E-state index < -0.39 is 77.3 Å². The van der Waals surface area contributed by atoms with Crippen molar-refractivity contribution in [1.29, 1.82) is 0 Å². The zero-order valence-corrected chi connectivity index (χ0v) is 35.9. The van der Waals surface area contributed by atoms with E-state index in [4.69, 9.17) is 14.2 Å². The lowest BCUT2D eigenvalue weighted by atomic mass is 9.65. The van der Waals surface area contributed by atoms with E-state index in [1.54, 1.807) is 62.4 Å². The Morgan fingerprint density at radius 2 is 1.48 bits per heavy atom.